The molecule has 1 aromatic carbocycles. The molecule has 1 heterocycles. The minimum Gasteiger partial charge on any atom is -0.409 e. The molecule has 1 fully saturated rings. The van der Waals surface area contributed by atoms with Crippen molar-refractivity contribution >= 4 is 11.7 Å². The number of likely N-dealkylation sites (tertiary alicyclic amines) is 1. The van der Waals surface area contributed by atoms with Crippen LogP contribution < -0.4 is 5.73 Å². The van der Waals surface area contributed by atoms with Crippen LogP contribution in [-0.2, 0) is 11.2 Å². The number of amidine groups is 1. The Balaban J connectivity index is 2.01. The van der Waals surface area contributed by atoms with E-state index in [1.54, 1.807) is 12.1 Å². The maximum atomic E-state index is 12.1. The van der Waals surface area contributed by atoms with E-state index in [-0.39, 0.29) is 11.7 Å². The van der Waals surface area contributed by atoms with E-state index in [4.69, 9.17) is 10.9 Å². The van der Waals surface area contributed by atoms with Gasteiger partial charge in [0, 0.05) is 18.2 Å². The van der Waals surface area contributed by atoms with Crippen LogP contribution in [0.1, 0.15) is 30.9 Å². The number of carbonyl (C=O) groups is 1. The van der Waals surface area contributed by atoms with Crippen LogP contribution in [0.4, 0.5) is 0 Å². The topological polar surface area (TPSA) is 78.9 Å². The molecule has 1 aliphatic heterocycles. The highest BCUT2D eigenvalue weighted by Crippen LogP contribution is 2.18. The van der Waals surface area contributed by atoms with Crippen LogP contribution in [0.5, 0.6) is 0 Å². The highest BCUT2D eigenvalue weighted by atomic mass is 16.4. The Labute approximate surface area is 112 Å². The Kier molecular flexibility index (Phi) is 4.04. The van der Waals surface area contributed by atoms with E-state index in [0.717, 1.165) is 24.9 Å². The smallest absolute Gasteiger partial charge is 0.227 e. The molecule has 3 N–H and O–H groups in total. The minimum absolute atomic E-state index is 0.0750. The van der Waals surface area contributed by atoms with Gasteiger partial charge in [0.15, 0.2) is 5.84 Å². The van der Waals surface area contributed by atoms with Crippen molar-refractivity contribution < 1.29 is 10.0 Å². The molecule has 1 aliphatic rings. The van der Waals surface area contributed by atoms with Crippen molar-refractivity contribution in [2.75, 3.05) is 6.54 Å². The number of benzene rings is 1. The van der Waals surface area contributed by atoms with Crippen LogP contribution in [0.15, 0.2) is 29.4 Å². The Morgan fingerprint density at radius 1 is 1.47 bits per heavy atom. The van der Waals surface area contributed by atoms with E-state index < -0.39 is 0 Å². The molecule has 1 aromatic rings. The van der Waals surface area contributed by atoms with Crippen molar-refractivity contribution in [3.8, 4) is 0 Å². The molecule has 5 heteroatoms. The monoisotopic (exact) mass is 261 g/mol. The van der Waals surface area contributed by atoms with E-state index in [1.807, 2.05) is 17.0 Å². The number of rotatable bonds is 3. The molecule has 0 radical (unpaired) electrons. The second-order valence-corrected chi connectivity index (χ2v) is 4.94. The van der Waals surface area contributed by atoms with Gasteiger partial charge in [-0.1, -0.05) is 29.4 Å². The molecular formula is C14H19N3O2. The van der Waals surface area contributed by atoms with Crippen LogP contribution in [0.3, 0.4) is 0 Å². The fraction of sp³-hybridized carbons (Fsp3) is 0.429. The normalized spacial score (nSPS) is 19.7. The van der Waals surface area contributed by atoms with Crippen molar-refractivity contribution in [2.24, 2.45) is 10.9 Å². The molecule has 0 saturated carbocycles. The number of carbonyl (C=O) groups excluding carboxylic acids is 1. The third-order valence-corrected chi connectivity index (χ3v) is 3.59. The van der Waals surface area contributed by atoms with Crippen LogP contribution in [0.2, 0.25) is 0 Å². The van der Waals surface area contributed by atoms with Gasteiger partial charge in [0.05, 0.1) is 6.42 Å². The van der Waals surface area contributed by atoms with Gasteiger partial charge in [-0.25, -0.2) is 0 Å². The lowest BCUT2D eigenvalue weighted by Gasteiger charge is -2.21. The Morgan fingerprint density at radius 3 is 2.68 bits per heavy atom. The zero-order valence-corrected chi connectivity index (χ0v) is 11.0. The summed E-state index contributed by atoms with van der Waals surface area (Å²) in [5, 5.41) is 11.5. The van der Waals surface area contributed by atoms with Gasteiger partial charge in [-0.3, -0.25) is 4.79 Å². The second kappa shape index (κ2) is 5.73. The standard InChI is InChI=1S/C14H19N3O2/c1-10-3-2-8-17(10)13(18)9-11-4-6-12(7-5-11)14(15)16-19/h4-7,10,19H,2-3,8-9H2,1H3,(H2,15,16). The van der Waals surface area contributed by atoms with Crippen LogP contribution in [0, 0.1) is 0 Å². The maximum absolute atomic E-state index is 12.1. The first-order valence-electron chi connectivity index (χ1n) is 6.48. The minimum atomic E-state index is 0.0750. The number of nitrogens with zero attached hydrogens (tertiary/aromatic N) is 2. The van der Waals surface area contributed by atoms with Crippen molar-refractivity contribution in [2.45, 2.75) is 32.2 Å². The summed E-state index contributed by atoms with van der Waals surface area (Å²) in [5.41, 5.74) is 7.08. The maximum Gasteiger partial charge on any atom is 0.227 e. The second-order valence-electron chi connectivity index (χ2n) is 4.94. The van der Waals surface area contributed by atoms with Gasteiger partial charge in [-0.2, -0.15) is 0 Å². The molecule has 1 unspecified atom stereocenters. The zero-order chi connectivity index (χ0) is 13.8. The number of hydrogen-bond acceptors (Lipinski definition) is 3. The molecule has 1 saturated heterocycles. The van der Waals surface area contributed by atoms with Crippen molar-refractivity contribution in [1.82, 2.24) is 4.90 Å². The Hall–Kier alpha value is -2.04. The van der Waals surface area contributed by atoms with Crippen LogP contribution in [0.25, 0.3) is 0 Å². The SMILES string of the molecule is CC1CCCN1C(=O)Cc1ccc(C(N)=NO)cc1. The first-order valence-corrected chi connectivity index (χ1v) is 6.48. The van der Waals surface area contributed by atoms with Gasteiger partial charge in [0.1, 0.15) is 0 Å². The highest BCUT2D eigenvalue weighted by Gasteiger charge is 2.24. The molecule has 1 amide bonds. The van der Waals surface area contributed by atoms with E-state index in [9.17, 15) is 4.79 Å². The molecule has 102 valence electrons. The average Bonchev–Trinajstić information content (AvgIpc) is 2.85. The Morgan fingerprint density at radius 2 is 2.16 bits per heavy atom. The first-order chi connectivity index (χ1) is 9.11. The summed E-state index contributed by atoms with van der Waals surface area (Å²) in [5.74, 6) is 0.243. The predicted octanol–water partition coefficient (Wildman–Crippen LogP) is 1.33. The quantitative estimate of drug-likeness (QED) is 0.373. The largest absolute Gasteiger partial charge is 0.409 e. The van der Waals surface area contributed by atoms with Gasteiger partial charge in [-0.05, 0) is 25.3 Å². The van der Waals surface area contributed by atoms with E-state index in [1.165, 1.54) is 0 Å². The predicted molar refractivity (Wildman–Crippen MR) is 73.1 cm³/mol. The Bertz CT molecular complexity index is 482. The van der Waals surface area contributed by atoms with Crippen molar-refractivity contribution in [1.29, 1.82) is 0 Å². The van der Waals surface area contributed by atoms with E-state index >= 15 is 0 Å². The highest BCUT2D eigenvalue weighted by molar-refractivity contribution is 5.97. The molecule has 1 atom stereocenters. The number of oxime groups is 1. The van der Waals surface area contributed by atoms with Gasteiger partial charge < -0.3 is 15.8 Å². The molecule has 0 aliphatic carbocycles. The summed E-state index contributed by atoms with van der Waals surface area (Å²) in [6.07, 6.45) is 2.59. The summed E-state index contributed by atoms with van der Waals surface area (Å²) in [4.78, 5) is 14.1. The molecule has 5 nitrogen and oxygen atoms in total. The molecule has 0 aromatic heterocycles. The van der Waals surface area contributed by atoms with Crippen LogP contribution in [-0.4, -0.2) is 34.4 Å². The number of nitrogens with two attached hydrogens (primary N) is 1. The summed E-state index contributed by atoms with van der Waals surface area (Å²) < 4.78 is 0. The molecule has 19 heavy (non-hydrogen) atoms. The lowest BCUT2D eigenvalue weighted by atomic mass is 10.1. The third kappa shape index (κ3) is 3.05. The van der Waals surface area contributed by atoms with Crippen molar-refractivity contribution in [3.63, 3.8) is 0 Å². The van der Waals surface area contributed by atoms with E-state index in [0.29, 0.717) is 18.0 Å². The third-order valence-electron chi connectivity index (χ3n) is 3.59. The summed E-state index contributed by atoms with van der Waals surface area (Å²) in [6.45, 7) is 2.95. The summed E-state index contributed by atoms with van der Waals surface area (Å²) in [6, 6.07) is 7.54. The van der Waals surface area contributed by atoms with Gasteiger partial charge in [0.25, 0.3) is 0 Å². The van der Waals surface area contributed by atoms with Gasteiger partial charge >= 0.3 is 0 Å². The first kappa shape index (κ1) is 13.4. The lowest BCUT2D eigenvalue weighted by Crippen LogP contribution is -2.34. The number of hydrogen-bond donors (Lipinski definition) is 2. The average molecular weight is 261 g/mol. The molecule has 0 spiro atoms. The fourth-order valence-electron chi connectivity index (χ4n) is 2.43. The molecular weight excluding hydrogens is 242 g/mol. The van der Waals surface area contributed by atoms with Gasteiger partial charge in [0.2, 0.25) is 5.91 Å². The van der Waals surface area contributed by atoms with Crippen LogP contribution >= 0.6 is 0 Å². The fourth-order valence-corrected chi connectivity index (χ4v) is 2.43. The van der Waals surface area contributed by atoms with E-state index in [2.05, 4.69) is 12.1 Å². The lowest BCUT2D eigenvalue weighted by molar-refractivity contribution is -0.130. The molecule has 0 bridgehead atoms. The molecule has 2 rings (SSSR count). The van der Waals surface area contributed by atoms with Gasteiger partial charge in [-0.15, -0.1) is 0 Å². The summed E-state index contributed by atoms with van der Waals surface area (Å²) >= 11 is 0. The van der Waals surface area contributed by atoms with Crippen molar-refractivity contribution in [3.05, 3.63) is 35.4 Å². The summed E-state index contributed by atoms with van der Waals surface area (Å²) in [7, 11) is 0. The zero-order valence-electron chi connectivity index (χ0n) is 11.0. The number of amides is 1.